The molecule has 3 N–H and O–H groups in total. The molecule has 5 nitrogen and oxygen atoms in total. The van der Waals surface area contributed by atoms with Gasteiger partial charge in [-0.2, -0.15) is 0 Å². The van der Waals surface area contributed by atoms with E-state index in [9.17, 15) is 15.0 Å². The van der Waals surface area contributed by atoms with Gasteiger partial charge < -0.3 is 20.2 Å². The fourth-order valence-corrected chi connectivity index (χ4v) is 3.87. The molecule has 1 aromatic rings. The molecule has 1 amide bonds. The Balaban J connectivity index is 1.77. The number of likely N-dealkylation sites (tertiary alicyclic amines) is 1. The second kappa shape index (κ2) is 5.57. The van der Waals surface area contributed by atoms with Crippen molar-refractivity contribution in [2.75, 3.05) is 13.2 Å². The van der Waals surface area contributed by atoms with Gasteiger partial charge in [-0.05, 0) is 25.0 Å². The lowest BCUT2D eigenvalue weighted by molar-refractivity contribution is -0.146. The smallest absolute Gasteiger partial charge is 0.223 e. The van der Waals surface area contributed by atoms with Gasteiger partial charge in [0.2, 0.25) is 5.91 Å². The van der Waals surface area contributed by atoms with E-state index < -0.39 is 5.60 Å². The van der Waals surface area contributed by atoms with Crippen molar-refractivity contribution in [3.63, 3.8) is 0 Å². The number of aromatic hydroxyl groups is 1. The molecule has 0 aromatic heterocycles. The number of amides is 1. The third-order valence-electron chi connectivity index (χ3n) is 4.64. The highest BCUT2D eigenvalue weighted by Crippen LogP contribution is 2.44. The minimum Gasteiger partial charge on any atom is -0.508 e. The van der Waals surface area contributed by atoms with Crippen molar-refractivity contribution in [3.05, 3.63) is 27.7 Å². The number of carbonyl (C=O) groups excluding carboxylic acids is 1. The third kappa shape index (κ3) is 2.56. The Bertz CT molecular complexity index is 616. The van der Waals surface area contributed by atoms with E-state index in [4.69, 9.17) is 28.3 Å². The summed E-state index contributed by atoms with van der Waals surface area (Å²) in [7, 11) is 0. The second-order valence-electron chi connectivity index (χ2n) is 6.19. The van der Waals surface area contributed by atoms with Gasteiger partial charge in [-0.25, -0.2) is 0 Å². The number of phenolic OH excluding ortho intramolecular Hbond substituents is 1. The van der Waals surface area contributed by atoms with Crippen molar-refractivity contribution in [2.45, 2.75) is 36.8 Å². The molecular formula is C15H17Cl2NO4. The number of rotatable bonds is 3. The third-order valence-corrected chi connectivity index (χ3v) is 5.46. The Morgan fingerprint density at radius 3 is 2.64 bits per heavy atom. The van der Waals surface area contributed by atoms with Crippen LogP contribution in [-0.4, -0.2) is 50.9 Å². The van der Waals surface area contributed by atoms with E-state index in [1.165, 1.54) is 12.1 Å². The van der Waals surface area contributed by atoms with Crippen LogP contribution in [0, 0.1) is 0 Å². The Morgan fingerprint density at radius 2 is 2.00 bits per heavy atom. The average molecular weight is 346 g/mol. The van der Waals surface area contributed by atoms with E-state index in [1.54, 1.807) is 4.90 Å². The molecule has 3 rings (SSSR count). The molecule has 0 unspecified atom stereocenters. The van der Waals surface area contributed by atoms with Crippen molar-refractivity contribution in [1.82, 2.24) is 4.90 Å². The van der Waals surface area contributed by atoms with Crippen molar-refractivity contribution in [1.29, 1.82) is 0 Å². The number of nitrogens with zero attached hydrogens (tertiary/aromatic N) is 1. The molecule has 22 heavy (non-hydrogen) atoms. The fraction of sp³-hybridized carbons (Fsp3) is 0.533. The Morgan fingerprint density at radius 1 is 1.32 bits per heavy atom. The fourth-order valence-electron chi connectivity index (χ4n) is 3.39. The maximum Gasteiger partial charge on any atom is 0.223 e. The second-order valence-corrected chi connectivity index (χ2v) is 6.97. The van der Waals surface area contributed by atoms with Crippen LogP contribution < -0.4 is 0 Å². The van der Waals surface area contributed by atoms with Gasteiger partial charge in [0.1, 0.15) is 5.75 Å². The molecule has 1 aliphatic carbocycles. The number of hydrogen-bond acceptors (Lipinski definition) is 4. The van der Waals surface area contributed by atoms with Crippen molar-refractivity contribution in [3.8, 4) is 5.75 Å². The molecule has 1 atom stereocenters. The molecule has 1 aromatic carbocycles. The normalized spacial score (nSPS) is 31.5. The summed E-state index contributed by atoms with van der Waals surface area (Å²) < 4.78 is 0. The van der Waals surface area contributed by atoms with Crippen LogP contribution in [0.4, 0.5) is 0 Å². The summed E-state index contributed by atoms with van der Waals surface area (Å²) in [6.45, 7) is 0.133. The summed E-state index contributed by atoms with van der Waals surface area (Å²) in [6, 6.07) is 2.92. The lowest BCUT2D eigenvalue weighted by Gasteiger charge is -2.46. The molecule has 1 heterocycles. The van der Waals surface area contributed by atoms with E-state index in [1.807, 2.05) is 0 Å². The summed E-state index contributed by atoms with van der Waals surface area (Å²) in [6.07, 6.45) is 0.996. The minimum atomic E-state index is -1.07. The summed E-state index contributed by atoms with van der Waals surface area (Å²) in [5, 5.41) is 29.6. The van der Waals surface area contributed by atoms with Crippen LogP contribution in [-0.2, 0) is 4.79 Å². The first-order valence-electron chi connectivity index (χ1n) is 7.14. The first-order valence-corrected chi connectivity index (χ1v) is 7.90. The molecular weight excluding hydrogens is 329 g/mol. The number of halogens is 2. The quantitative estimate of drug-likeness (QED) is 0.781. The van der Waals surface area contributed by atoms with Crippen LogP contribution in [0.1, 0.15) is 30.7 Å². The molecule has 0 spiro atoms. The van der Waals surface area contributed by atoms with E-state index in [0.29, 0.717) is 30.0 Å². The van der Waals surface area contributed by atoms with Gasteiger partial charge in [-0.3, -0.25) is 4.79 Å². The first kappa shape index (κ1) is 15.9. The molecule has 2 aliphatic rings. The number of aliphatic hydroxyl groups excluding tert-OH is 1. The highest BCUT2D eigenvalue weighted by atomic mass is 35.5. The summed E-state index contributed by atoms with van der Waals surface area (Å²) in [5.41, 5.74) is -0.569. The van der Waals surface area contributed by atoms with Gasteiger partial charge in [-0.15, -0.1) is 0 Å². The molecule has 1 saturated carbocycles. The van der Waals surface area contributed by atoms with Crippen LogP contribution in [0.25, 0.3) is 0 Å². The van der Waals surface area contributed by atoms with Crippen LogP contribution in [0.15, 0.2) is 12.1 Å². The van der Waals surface area contributed by atoms with Crippen molar-refractivity contribution >= 4 is 29.1 Å². The molecule has 120 valence electrons. The van der Waals surface area contributed by atoms with E-state index in [2.05, 4.69) is 0 Å². The Kier molecular flexibility index (Phi) is 4.01. The predicted octanol–water partition coefficient (Wildman–Crippen LogP) is 1.90. The summed E-state index contributed by atoms with van der Waals surface area (Å²) in [4.78, 5) is 13.9. The van der Waals surface area contributed by atoms with E-state index in [-0.39, 0.29) is 41.7 Å². The van der Waals surface area contributed by atoms with Gasteiger partial charge >= 0.3 is 0 Å². The molecule has 1 aliphatic heterocycles. The van der Waals surface area contributed by atoms with Crippen molar-refractivity contribution in [2.24, 2.45) is 0 Å². The zero-order valence-electron chi connectivity index (χ0n) is 11.8. The van der Waals surface area contributed by atoms with Gasteiger partial charge in [0.25, 0.3) is 0 Å². The lowest BCUT2D eigenvalue weighted by Crippen LogP contribution is -2.57. The molecule has 7 heteroatoms. The number of aliphatic hydroxyl groups is 2. The maximum absolute atomic E-state index is 12.2. The number of benzene rings is 1. The molecule has 0 radical (unpaired) electrons. The summed E-state index contributed by atoms with van der Waals surface area (Å²) >= 11 is 12.2. The monoisotopic (exact) mass is 345 g/mol. The van der Waals surface area contributed by atoms with Gasteiger partial charge in [-0.1, -0.05) is 23.2 Å². The van der Waals surface area contributed by atoms with Crippen LogP contribution in [0.2, 0.25) is 10.0 Å². The van der Waals surface area contributed by atoms with Gasteiger partial charge in [0, 0.05) is 30.5 Å². The van der Waals surface area contributed by atoms with Gasteiger partial charge in [0.15, 0.2) is 0 Å². The zero-order valence-corrected chi connectivity index (χ0v) is 13.3. The van der Waals surface area contributed by atoms with E-state index in [0.717, 1.165) is 0 Å². The number of carbonyl (C=O) groups is 1. The predicted molar refractivity (Wildman–Crippen MR) is 82.3 cm³/mol. The first-order chi connectivity index (χ1) is 10.3. The summed E-state index contributed by atoms with van der Waals surface area (Å²) in [5.74, 6) is -0.221. The van der Waals surface area contributed by atoms with Crippen molar-refractivity contribution < 1.29 is 20.1 Å². The average Bonchev–Trinajstić information content (AvgIpc) is 2.81. The Labute approximate surface area is 138 Å². The molecule has 1 saturated heterocycles. The lowest BCUT2D eigenvalue weighted by atomic mass is 9.75. The zero-order chi connectivity index (χ0) is 16.1. The minimum absolute atomic E-state index is 0.0366. The number of phenols is 1. The topological polar surface area (TPSA) is 81.0 Å². The molecule has 0 bridgehead atoms. The van der Waals surface area contributed by atoms with E-state index >= 15 is 0 Å². The Hall–Kier alpha value is -1.01. The van der Waals surface area contributed by atoms with Crippen LogP contribution >= 0.6 is 23.2 Å². The highest BCUT2D eigenvalue weighted by molar-refractivity contribution is 6.42. The standard InChI is InChI=1S/C15H17Cl2NO4/c16-10-1-2-11(20)13(14(10)17)8-3-12(21)18(6-8)9-4-15(22,5-9)7-19/h1-2,8-9,19-20,22H,3-7H2/t8-,9-,15+/m0/s1. The highest BCUT2D eigenvalue weighted by Gasteiger charge is 2.48. The van der Waals surface area contributed by atoms with Crippen LogP contribution in [0.5, 0.6) is 5.75 Å². The maximum atomic E-state index is 12.2. The molecule has 2 fully saturated rings. The largest absolute Gasteiger partial charge is 0.508 e. The van der Waals surface area contributed by atoms with Crippen LogP contribution in [0.3, 0.4) is 0 Å². The SMILES string of the molecule is O=C1C[C@H](c2c(O)ccc(Cl)c2Cl)CN1[C@H]1C[C@](O)(CO)C1. The number of hydrogen-bond donors (Lipinski definition) is 3. The van der Waals surface area contributed by atoms with Gasteiger partial charge in [0.05, 0.1) is 22.3 Å².